The number of nitrogens with one attached hydrogen (secondary N) is 1. The molecule has 0 fully saturated rings. The van der Waals surface area contributed by atoms with E-state index in [1.807, 2.05) is 10.6 Å². The Kier molecular flexibility index (Phi) is 4.97. The number of hydrogen-bond acceptors (Lipinski definition) is 4. The first kappa shape index (κ1) is 17.3. The Hall–Kier alpha value is -2.50. The van der Waals surface area contributed by atoms with E-state index in [1.165, 1.54) is 12.0 Å². The molecular formula is C19H24N4O2. The zero-order chi connectivity index (χ0) is 18.0. The molecule has 2 aliphatic heterocycles. The minimum Gasteiger partial charge on any atom is -0.322 e. The summed E-state index contributed by atoms with van der Waals surface area (Å²) in [5.41, 5.74) is 3.23. The monoisotopic (exact) mass is 340 g/mol. The van der Waals surface area contributed by atoms with Crippen molar-refractivity contribution in [2.45, 2.75) is 59.4 Å². The zero-order valence-electron chi connectivity index (χ0n) is 15.1. The van der Waals surface area contributed by atoms with Crippen LogP contribution in [0.2, 0.25) is 0 Å². The maximum absolute atomic E-state index is 12.2. The number of aryl methyl sites for hydroxylation is 3. The molecule has 6 heteroatoms. The fourth-order valence-electron chi connectivity index (χ4n) is 3.29. The minimum absolute atomic E-state index is 0.228. The van der Waals surface area contributed by atoms with Gasteiger partial charge in [-0.25, -0.2) is 9.78 Å². The average Bonchev–Trinajstić information content (AvgIpc) is 2.58. The summed E-state index contributed by atoms with van der Waals surface area (Å²) in [4.78, 5) is 34.7. The molecule has 132 valence electrons. The van der Waals surface area contributed by atoms with Gasteiger partial charge < -0.3 is 4.57 Å². The first-order chi connectivity index (χ1) is 12.0. The lowest BCUT2D eigenvalue weighted by Gasteiger charge is -2.18. The SMILES string of the molecule is CCCCCCn1c2nc(=O)[nH]c(=O)c-2nc2cc(C)c(CC)cc21. The molecule has 1 aromatic rings. The summed E-state index contributed by atoms with van der Waals surface area (Å²) in [7, 11) is 0. The number of aromatic nitrogens is 4. The maximum Gasteiger partial charge on any atom is 0.349 e. The van der Waals surface area contributed by atoms with Crippen LogP contribution in [0.15, 0.2) is 21.7 Å². The van der Waals surface area contributed by atoms with Crippen LogP contribution in [0.25, 0.3) is 22.6 Å². The predicted molar refractivity (Wildman–Crippen MR) is 99.3 cm³/mol. The second-order valence-corrected chi connectivity index (χ2v) is 6.49. The summed E-state index contributed by atoms with van der Waals surface area (Å²) in [5.74, 6) is 0.378. The van der Waals surface area contributed by atoms with Gasteiger partial charge in [0.05, 0.1) is 11.0 Å². The predicted octanol–water partition coefficient (Wildman–Crippen LogP) is 3.04. The molecular weight excluding hydrogens is 316 g/mol. The molecule has 0 spiro atoms. The van der Waals surface area contributed by atoms with E-state index in [4.69, 9.17) is 0 Å². The Morgan fingerprint density at radius 3 is 2.60 bits per heavy atom. The van der Waals surface area contributed by atoms with E-state index in [9.17, 15) is 9.59 Å². The number of fused-ring (bicyclic) bond motifs is 2. The summed E-state index contributed by atoms with van der Waals surface area (Å²) < 4.78 is 1.99. The van der Waals surface area contributed by atoms with Gasteiger partial charge in [0.2, 0.25) is 0 Å². The van der Waals surface area contributed by atoms with Gasteiger partial charge in [-0.05, 0) is 43.0 Å². The van der Waals surface area contributed by atoms with Crippen molar-refractivity contribution in [2.24, 2.45) is 0 Å². The smallest absolute Gasteiger partial charge is 0.322 e. The number of H-pyrrole nitrogens is 1. The molecule has 1 aromatic carbocycles. The Bertz CT molecular complexity index is 987. The molecule has 0 atom stereocenters. The Morgan fingerprint density at radius 2 is 1.88 bits per heavy atom. The van der Waals surface area contributed by atoms with Gasteiger partial charge in [-0.1, -0.05) is 33.1 Å². The molecule has 0 radical (unpaired) electrons. The number of unbranched alkanes of at least 4 members (excludes halogenated alkanes) is 3. The minimum atomic E-state index is -0.621. The largest absolute Gasteiger partial charge is 0.349 e. The molecule has 0 aliphatic carbocycles. The normalized spacial score (nSPS) is 11.5. The van der Waals surface area contributed by atoms with E-state index in [-0.39, 0.29) is 5.69 Å². The van der Waals surface area contributed by atoms with Crippen molar-refractivity contribution in [3.8, 4) is 11.5 Å². The van der Waals surface area contributed by atoms with Crippen molar-refractivity contribution in [1.82, 2.24) is 19.5 Å². The fourth-order valence-corrected chi connectivity index (χ4v) is 3.29. The zero-order valence-corrected chi connectivity index (χ0v) is 15.1. The van der Waals surface area contributed by atoms with E-state index in [2.05, 4.69) is 41.8 Å². The van der Waals surface area contributed by atoms with Crippen molar-refractivity contribution in [1.29, 1.82) is 0 Å². The second kappa shape index (κ2) is 7.17. The molecule has 1 N–H and O–H groups in total. The summed E-state index contributed by atoms with van der Waals surface area (Å²) in [6, 6.07) is 4.13. The Balaban J connectivity index is 2.27. The highest BCUT2D eigenvalue weighted by molar-refractivity contribution is 5.81. The molecule has 0 unspecified atom stereocenters. The summed E-state index contributed by atoms with van der Waals surface area (Å²) in [6.45, 7) is 7.06. The van der Waals surface area contributed by atoms with Crippen LogP contribution in [0.3, 0.4) is 0 Å². The van der Waals surface area contributed by atoms with Gasteiger partial charge >= 0.3 is 5.69 Å². The van der Waals surface area contributed by atoms with Crippen LogP contribution in [0.5, 0.6) is 0 Å². The van der Waals surface area contributed by atoms with Gasteiger partial charge in [-0.3, -0.25) is 9.78 Å². The topological polar surface area (TPSA) is 80.6 Å². The molecule has 6 nitrogen and oxygen atoms in total. The number of aromatic amines is 1. The first-order valence-electron chi connectivity index (χ1n) is 8.99. The number of rotatable bonds is 6. The van der Waals surface area contributed by atoms with Crippen LogP contribution in [-0.2, 0) is 13.0 Å². The van der Waals surface area contributed by atoms with E-state index in [1.54, 1.807) is 0 Å². The molecule has 0 amide bonds. The van der Waals surface area contributed by atoms with Crippen molar-refractivity contribution in [2.75, 3.05) is 0 Å². The van der Waals surface area contributed by atoms with Gasteiger partial charge in [-0.2, -0.15) is 4.98 Å². The van der Waals surface area contributed by atoms with Crippen molar-refractivity contribution in [3.05, 3.63) is 44.1 Å². The van der Waals surface area contributed by atoms with Crippen LogP contribution in [0.4, 0.5) is 0 Å². The molecule has 3 rings (SSSR count). The molecule has 2 aliphatic rings. The first-order valence-corrected chi connectivity index (χ1v) is 8.99. The van der Waals surface area contributed by atoms with E-state index in [0.717, 1.165) is 48.8 Å². The summed E-state index contributed by atoms with van der Waals surface area (Å²) in [5, 5.41) is 0. The molecule has 2 heterocycles. The van der Waals surface area contributed by atoms with Crippen LogP contribution in [0, 0.1) is 6.92 Å². The molecule has 0 aromatic heterocycles. The highest BCUT2D eigenvalue weighted by Gasteiger charge is 2.19. The van der Waals surface area contributed by atoms with Gasteiger partial charge in [0, 0.05) is 6.54 Å². The fraction of sp³-hybridized carbons (Fsp3) is 0.474. The lowest BCUT2D eigenvalue weighted by atomic mass is 10.0. The van der Waals surface area contributed by atoms with Gasteiger partial charge in [0.25, 0.3) is 5.56 Å². The molecule has 0 saturated carbocycles. The standard InChI is InChI=1S/C19H24N4O2/c1-4-6-7-8-9-23-15-11-13(5-2)12(3)10-14(15)20-16-17(23)21-19(25)22-18(16)24/h10-11H,4-9H2,1-3H3,(H,22,24,25). The Morgan fingerprint density at radius 1 is 1.08 bits per heavy atom. The Labute approximate surface area is 146 Å². The van der Waals surface area contributed by atoms with Gasteiger partial charge in [0.15, 0.2) is 11.5 Å². The molecule has 0 saturated heterocycles. The highest BCUT2D eigenvalue weighted by atomic mass is 16.2. The lowest BCUT2D eigenvalue weighted by molar-refractivity contribution is 0.587. The number of hydrogen-bond donors (Lipinski definition) is 1. The highest BCUT2D eigenvalue weighted by Crippen LogP contribution is 2.25. The van der Waals surface area contributed by atoms with Gasteiger partial charge in [0.1, 0.15) is 0 Å². The third kappa shape index (κ3) is 3.34. The number of benzene rings is 1. The van der Waals surface area contributed by atoms with Crippen molar-refractivity contribution < 1.29 is 0 Å². The molecule has 25 heavy (non-hydrogen) atoms. The third-order valence-corrected chi connectivity index (χ3v) is 4.68. The summed E-state index contributed by atoms with van der Waals surface area (Å²) >= 11 is 0. The quantitative estimate of drug-likeness (QED) is 0.552. The maximum atomic E-state index is 12.2. The lowest BCUT2D eigenvalue weighted by Crippen LogP contribution is -2.29. The van der Waals surface area contributed by atoms with Crippen LogP contribution in [-0.4, -0.2) is 19.5 Å². The van der Waals surface area contributed by atoms with Crippen LogP contribution in [0.1, 0.15) is 50.7 Å². The summed E-state index contributed by atoms with van der Waals surface area (Å²) in [6.07, 6.45) is 5.33. The van der Waals surface area contributed by atoms with E-state index >= 15 is 0 Å². The molecule has 0 bridgehead atoms. The van der Waals surface area contributed by atoms with Crippen molar-refractivity contribution in [3.63, 3.8) is 0 Å². The van der Waals surface area contributed by atoms with Crippen molar-refractivity contribution >= 4 is 11.0 Å². The second-order valence-electron chi connectivity index (χ2n) is 6.49. The van der Waals surface area contributed by atoms with Gasteiger partial charge in [-0.15, -0.1) is 0 Å². The van der Waals surface area contributed by atoms with E-state index in [0.29, 0.717) is 5.82 Å². The third-order valence-electron chi connectivity index (χ3n) is 4.68. The van der Waals surface area contributed by atoms with Crippen LogP contribution < -0.4 is 11.2 Å². The average molecular weight is 340 g/mol. The van der Waals surface area contributed by atoms with Crippen LogP contribution >= 0.6 is 0 Å². The number of nitrogens with zero attached hydrogens (tertiary/aromatic N) is 3. The van der Waals surface area contributed by atoms with E-state index < -0.39 is 11.2 Å².